The van der Waals surface area contributed by atoms with Gasteiger partial charge in [-0.25, -0.2) is 8.42 Å². The summed E-state index contributed by atoms with van der Waals surface area (Å²) < 4.78 is 27.3. The topological polar surface area (TPSA) is 86.8 Å². The highest BCUT2D eigenvalue weighted by molar-refractivity contribution is 7.89. The zero-order valence-electron chi connectivity index (χ0n) is 16.9. The molecule has 8 heteroatoms. The van der Waals surface area contributed by atoms with Crippen molar-refractivity contribution in [1.82, 2.24) is 9.62 Å². The highest BCUT2D eigenvalue weighted by Crippen LogP contribution is 2.35. The van der Waals surface area contributed by atoms with Crippen molar-refractivity contribution in [2.45, 2.75) is 75.3 Å². The molecule has 0 radical (unpaired) electrons. The van der Waals surface area contributed by atoms with Gasteiger partial charge in [-0.15, -0.1) is 0 Å². The van der Waals surface area contributed by atoms with Gasteiger partial charge in [-0.2, -0.15) is 4.31 Å². The number of sulfonamides is 1. The van der Waals surface area contributed by atoms with E-state index >= 15 is 0 Å². The number of nitrogens with zero attached hydrogens (tertiary/aromatic N) is 2. The van der Waals surface area contributed by atoms with E-state index in [0.717, 1.165) is 44.1 Å². The van der Waals surface area contributed by atoms with Crippen molar-refractivity contribution < 1.29 is 18.0 Å². The molecular formula is C21H29N3O4S. The van der Waals surface area contributed by atoms with Crippen LogP contribution in [0.1, 0.15) is 57.4 Å². The molecule has 0 unspecified atom stereocenters. The van der Waals surface area contributed by atoms with Crippen LogP contribution in [0.3, 0.4) is 0 Å². The lowest BCUT2D eigenvalue weighted by molar-refractivity contribution is -0.126. The Balaban J connectivity index is 1.57. The summed E-state index contributed by atoms with van der Waals surface area (Å²) in [5.74, 6) is -0.352. The van der Waals surface area contributed by atoms with E-state index in [4.69, 9.17) is 0 Å². The fourth-order valence-electron chi connectivity index (χ4n) is 4.81. The number of rotatable bonds is 4. The molecule has 2 fully saturated rings. The summed E-state index contributed by atoms with van der Waals surface area (Å²) in [7, 11) is -3.53. The second-order valence-electron chi connectivity index (χ2n) is 8.35. The van der Waals surface area contributed by atoms with Crippen LogP contribution in [0.5, 0.6) is 0 Å². The standard InChI is InChI=1S/C21H29N3O4S/c1-15(25)24-19-10-9-18(29(27,28)23-11-5-6-12-23)13-16(19)14-20(24)21(26)22-17-7-3-2-4-8-17/h9-10,13,17,20H,2-8,11-12,14H2,1H3,(H,22,26)/t20-/m0/s1. The predicted octanol–water partition coefficient (Wildman–Crippen LogP) is 2.20. The second kappa shape index (κ2) is 8.07. The van der Waals surface area contributed by atoms with Gasteiger partial charge in [0.15, 0.2) is 0 Å². The summed E-state index contributed by atoms with van der Waals surface area (Å²) in [5.41, 5.74) is 1.38. The van der Waals surface area contributed by atoms with E-state index in [1.165, 1.54) is 22.5 Å². The van der Waals surface area contributed by atoms with Crippen LogP contribution >= 0.6 is 0 Å². The number of anilines is 1. The minimum Gasteiger partial charge on any atom is -0.352 e. The molecule has 2 heterocycles. The van der Waals surface area contributed by atoms with E-state index in [1.807, 2.05) is 0 Å². The quantitative estimate of drug-likeness (QED) is 0.811. The molecule has 0 bridgehead atoms. The SMILES string of the molecule is CC(=O)N1c2ccc(S(=O)(=O)N3CCCC3)cc2C[C@H]1C(=O)NC1CCCCC1. The summed E-state index contributed by atoms with van der Waals surface area (Å²) in [6.45, 7) is 2.54. The van der Waals surface area contributed by atoms with Gasteiger partial charge in [0.1, 0.15) is 6.04 Å². The first kappa shape index (κ1) is 20.3. The Kier molecular flexibility index (Phi) is 5.66. The molecule has 1 aromatic rings. The molecule has 2 amide bonds. The fourth-order valence-corrected chi connectivity index (χ4v) is 6.38. The minimum absolute atomic E-state index is 0.146. The third-order valence-electron chi connectivity index (χ3n) is 6.33. The van der Waals surface area contributed by atoms with Crippen LogP contribution in [0.25, 0.3) is 0 Å². The zero-order valence-corrected chi connectivity index (χ0v) is 17.7. The molecule has 1 aliphatic carbocycles. The summed E-state index contributed by atoms with van der Waals surface area (Å²) in [6.07, 6.45) is 7.49. The van der Waals surface area contributed by atoms with Crippen LogP contribution in [0, 0.1) is 0 Å². The molecule has 1 aromatic carbocycles. The Morgan fingerprint density at radius 1 is 1.03 bits per heavy atom. The van der Waals surface area contributed by atoms with Crippen molar-refractivity contribution in [3.05, 3.63) is 23.8 Å². The van der Waals surface area contributed by atoms with Gasteiger partial charge in [0.25, 0.3) is 0 Å². The van der Waals surface area contributed by atoms with Gasteiger partial charge in [-0.3, -0.25) is 14.5 Å². The Hall–Kier alpha value is -1.93. The normalized spacial score (nSPS) is 23.2. The average molecular weight is 420 g/mol. The smallest absolute Gasteiger partial charge is 0.243 e. The largest absolute Gasteiger partial charge is 0.352 e. The summed E-state index contributed by atoms with van der Waals surface area (Å²) >= 11 is 0. The van der Waals surface area contributed by atoms with Gasteiger partial charge in [0, 0.05) is 38.2 Å². The highest BCUT2D eigenvalue weighted by atomic mass is 32.2. The minimum atomic E-state index is -3.53. The molecule has 158 valence electrons. The van der Waals surface area contributed by atoms with Gasteiger partial charge >= 0.3 is 0 Å². The van der Waals surface area contributed by atoms with Crippen LogP contribution in [0.2, 0.25) is 0 Å². The number of carbonyl (C=O) groups is 2. The van der Waals surface area contributed by atoms with Gasteiger partial charge in [0.2, 0.25) is 21.8 Å². The average Bonchev–Trinajstić information content (AvgIpc) is 3.36. The van der Waals surface area contributed by atoms with Gasteiger partial charge in [0.05, 0.1) is 4.90 Å². The summed E-state index contributed by atoms with van der Waals surface area (Å²) in [5, 5.41) is 3.11. The molecule has 0 aromatic heterocycles. The van der Waals surface area contributed by atoms with Crippen molar-refractivity contribution in [1.29, 1.82) is 0 Å². The molecular weight excluding hydrogens is 390 g/mol. The van der Waals surface area contributed by atoms with Crippen molar-refractivity contribution in [2.24, 2.45) is 0 Å². The molecule has 1 atom stereocenters. The molecule has 1 saturated carbocycles. The molecule has 29 heavy (non-hydrogen) atoms. The van der Waals surface area contributed by atoms with E-state index in [-0.39, 0.29) is 22.8 Å². The third-order valence-corrected chi connectivity index (χ3v) is 8.23. The number of amides is 2. The number of hydrogen-bond acceptors (Lipinski definition) is 4. The van der Waals surface area contributed by atoms with Crippen molar-refractivity contribution >= 4 is 27.5 Å². The van der Waals surface area contributed by atoms with Crippen LogP contribution in [0.4, 0.5) is 5.69 Å². The van der Waals surface area contributed by atoms with Gasteiger partial charge in [-0.1, -0.05) is 19.3 Å². The predicted molar refractivity (Wildman–Crippen MR) is 110 cm³/mol. The lowest BCUT2D eigenvalue weighted by Crippen LogP contribution is -2.50. The summed E-state index contributed by atoms with van der Waals surface area (Å²) in [6, 6.07) is 4.43. The van der Waals surface area contributed by atoms with Crippen LogP contribution in [-0.4, -0.2) is 49.7 Å². The van der Waals surface area contributed by atoms with E-state index in [0.29, 0.717) is 25.2 Å². The first-order valence-corrected chi connectivity index (χ1v) is 12.0. The molecule has 3 aliphatic rings. The van der Waals surface area contributed by atoms with Crippen molar-refractivity contribution in [3.63, 3.8) is 0 Å². The molecule has 1 saturated heterocycles. The zero-order chi connectivity index (χ0) is 20.6. The third kappa shape index (κ3) is 3.92. The van der Waals surface area contributed by atoms with Crippen LogP contribution in [0.15, 0.2) is 23.1 Å². The number of benzene rings is 1. The molecule has 2 aliphatic heterocycles. The van der Waals surface area contributed by atoms with E-state index in [9.17, 15) is 18.0 Å². The maximum atomic E-state index is 13.0. The van der Waals surface area contributed by atoms with Crippen molar-refractivity contribution in [2.75, 3.05) is 18.0 Å². The van der Waals surface area contributed by atoms with E-state index < -0.39 is 16.1 Å². The van der Waals surface area contributed by atoms with Crippen LogP contribution in [-0.2, 0) is 26.0 Å². The van der Waals surface area contributed by atoms with E-state index in [2.05, 4.69) is 5.32 Å². The first-order valence-electron chi connectivity index (χ1n) is 10.6. The maximum absolute atomic E-state index is 13.0. The Bertz CT molecular complexity index is 903. The van der Waals surface area contributed by atoms with Crippen molar-refractivity contribution in [3.8, 4) is 0 Å². The number of carbonyl (C=O) groups excluding carboxylic acids is 2. The highest BCUT2D eigenvalue weighted by Gasteiger charge is 2.39. The molecule has 0 spiro atoms. The fraction of sp³-hybridized carbons (Fsp3) is 0.619. The second-order valence-corrected chi connectivity index (χ2v) is 10.3. The summed E-state index contributed by atoms with van der Waals surface area (Å²) in [4.78, 5) is 27.0. The van der Waals surface area contributed by atoms with Gasteiger partial charge in [-0.05, 0) is 49.4 Å². The molecule has 7 nitrogen and oxygen atoms in total. The van der Waals surface area contributed by atoms with E-state index in [1.54, 1.807) is 18.2 Å². The Morgan fingerprint density at radius 2 is 1.72 bits per heavy atom. The van der Waals surface area contributed by atoms with Crippen LogP contribution < -0.4 is 10.2 Å². The number of nitrogens with one attached hydrogen (secondary N) is 1. The Morgan fingerprint density at radius 3 is 2.38 bits per heavy atom. The van der Waals surface area contributed by atoms with Gasteiger partial charge < -0.3 is 5.32 Å². The monoisotopic (exact) mass is 419 g/mol. The lowest BCUT2D eigenvalue weighted by Gasteiger charge is -2.28. The maximum Gasteiger partial charge on any atom is 0.243 e. The Labute approximate surface area is 172 Å². The number of hydrogen-bond donors (Lipinski definition) is 1. The molecule has 1 N–H and O–H groups in total. The lowest BCUT2D eigenvalue weighted by atomic mass is 9.95. The molecule has 4 rings (SSSR count). The number of fused-ring (bicyclic) bond motifs is 1. The first-order chi connectivity index (χ1) is 13.9.